The summed E-state index contributed by atoms with van der Waals surface area (Å²) in [5.41, 5.74) is 5.78. The maximum atomic E-state index is 8.29. The van der Waals surface area contributed by atoms with E-state index in [4.69, 9.17) is 22.6 Å². The SMILES string of the molecule is N#CSc1nc(Cl)ncc1N. The van der Waals surface area contributed by atoms with Gasteiger partial charge in [-0.25, -0.2) is 9.97 Å². The first-order chi connectivity index (χ1) is 5.24. The Hall–Kier alpha value is -0.990. The van der Waals surface area contributed by atoms with Gasteiger partial charge in [0.2, 0.25) is 5.28 Å². The lowest BCUT2D eigenvalue weighted by molar-refractivity contribution is 1.06. The number of halogens is 1. The number of nitrogen functional groups attached to an aromatic ring is 1. The maximum absolute atomic E-state index is 8.29. The molecule has 0 fully saturated rings. The average molecular weight is 187 g/mol. The van der Waals surface area contributed by atoms with Crippen LogP contribution in [-0.4, -0.2) is 9.97 Å². The summed E-state index contributed by atoms with van der Waals surface area (Å²) in [6.07, 6.45) is 1.37. The Kier molecular flexibility index (Phi) is 2.52. The molecule has 1 heterocycles. The molecule has 56 valence electrons. The van der Waals surface area contributed by atoms with E-state index in [9.17, 15) is 0 Å². The van der Waals surface area contributed by atoms with Gasteiger partial charge in [0.15, 0.2) is 0 Å². The van der Waals surface area contributed by atoms with E-state index in [0.29, 0.717) is 10.7 Å². The Labute approximate surface area is 72.4 Å². The van der Waals surface area contributed by atoms with E-state index in [0.717, 1.165) is 11.8 Å². The minimum absolute atomic E-state index is 0.0944. The van der Waals surface area contributed by atoms with Crippen molar-refractivity contribution in [3.63, 3.8) is 0 Å². The maximum Gasteiger partial charge on any atom is 0.223 e. The van der Waals surface area contributed by atoms with Crippen molar-refractivity contribution in [2.24, 2.45) is 0 Å². The molecule has 0 atom stereocenters. The van der Waals surface area contributed by atoms with Gasteiger partial charge in [-0.3, -0.25) is 0 Å². The number of nitriles is 1. The number of nitrogens with two attached hydrogens (primary N) is 1. The molecule has 1 aromatic rings. The van der Waals surface area contributed by atoms with E-state index < -0.39 is 0 Å². The van der Waals surface area contributed by atoms with Crippen LogP contribution < -0.4 is 5.73 Å². The van der Waals surface area contributed by atoms with Gasteiger partial charge >= 0.3 is 0 Å². The molecule has 0 aromatic carbocycles. The molecule has 0 aliphatic rings. The minimum atomic E-state index is 0.0944. The molecule has 11 heavy (non-hydrogen) atoms. The molecular weight excluding hydrogens is 184 g/mol. The summed E-state index contributed by atoms with van der Waals surface area (Å²) in [7, 11) is 0. The van der Waals surface area contributed by atoms with Crippen LogP contribution in [0, 0.1) is 10.7 Å². The summed E-state index contributed by atoms with van der Waals surface area (Å²) >= 11 is 6.31. The number of anilines is 1. The van der Waals surface area contributed by atoms with Crippen molar-refractivity contribution in [1.82, 2.24) is 9.97 Å². The van der Waals surface area contributed by atoms with Gasteiger partial charge in [-0.1, -0.05) is 0 Å². The number of aromatic nitrogens is 2. The summed E-state index contributed by atoms with van der Waals surface area (Å²) in [6.45, 7) is 0. The van der Waals surface area contributed by atoms with Gasteiger partial charge in [0.05, 0.1) is 11.9 Å². The second kappa shape index (κ2) is 3.42. The number of thioether (sulfide) groups is 1. The molecule has 0 spiro atoms. The quantitative estimate of drug-likeness (QED) is 0.310. The van der Waals surface area contributed by atoms with Crippen LogP contribution in [0.5, 0.6) is 0 Å². The first kappa shape index (κ1) is 8.11. The fourth-order valence-corrected chi connectivity index (χ4v) is 1.05. The largest absolute Gasteiger partial charge is 0.395 e. The van der Waals surface area contributed by atoms with Gasteiger partial charge in [-0.05, 0) is 11.6 Å². The topological polar surface area (TPSA) is 75.6 Å². The van der Waals surface area contributed by atoms with Gasteiger partial charge in [0.1, 0.15) is 10.4 Å². The molecule has 6 heteroatoms. The van der Waals surface area contributed by atoms with Gasteiger partial charge < -0.3 is 5.73 Å². The molecule has 0 aliphatic heterocycles. The van der Waals surface area contributed by atoms with Crippen LogP contribution in [0.15, 0.2) is 11.2 Å². The van der Waals surface area contributed by atoms with Crippen molar-refractivity contribution in [3.8, 4) is 5.40 Å². The van der Waals surface area contributed by atoms with Crippen LogP contribution in [0.25, 0.3) is 0 Å². The molecule has 0 bridgehead atoms. The third kappa shape index (κ3) is 1.97. The van der Waals surface area contributed by atoms with Gasteiger partial charge in [0.25, 0.3) is 0 Å². The highest BCUT2D eigenvalue weighted by atomic mass is 35.5. The first-order valence-corrected chi connectivity index (χ1v) is 3.77. The van der Waals surface area contributed by atoms with Crippen LogP contribution in [0.1, 0.15) is 0 Å². The Morgan fingerprint density at radius 2 is 2.45 bits per heavy atom. The van der Waals surface area contributed by atoms with Crippen molar-refractivity contribution in [2.45, 2.75) is 5.03 Å². The lowest BCUT2D eigenvalue weighted by atomic mass is 10.6. The van der Waals surface area contributed by atoms with Crippen LogP contribution in [0.3, 0.4) is 0 Å². The average Bonchev–Trinajstić information content (AvgIpc) is 1.98. The summed E-state index contributed by atoms with van der Waals surface area (Å²) < 4.78 is 0. The fraction of sp³-hybridized carbons (Fsp3) is 0. The van der Waals surface area contributed by atoms with Crippen molar-refractivity contribution < 1.29 is 0 Å². The molecule has 0 amide bonds. The number of hydrogen-bond acceptors (Lipinski definition) is 5. The molecule has 0 radical (unpaired) electrons. The number of nitrogens with zero attached hydrogens (tertiary/aromatic N) is 3. The molecule has 0 unspecified atom stereocenters. The zero-order valence-corrected chi connectivity index (χ0v) is 6.85. The molecule has 0 saturated heterocycles. The zero-order chi connectivity index (χ0) is 8.27. The summed E-state index contributed by atoms with van der Waals surface area (Å²) in [5, 5.41) is 10.6. The summed E-state index contributed by atoms with van der Waals surface area (Å²) in [4.78, 5) is 7.36. The van der Waals surface area contributed by atoms with E-state index in [2.05, 4.69) is 9.97 Å². The van der Waals surface area contributed by atoms with E-state index in [1.165, 1.54) is 6.20 Å². The van der Waals surface area contributed by atoms with Crippen molar-refractivity contribution in [3.05, 3.63) is 11.5 Å². The molecule has 2 N–H and O–H groups in total. The first-order valence-electron chi connectivity index (χ1n) is 2.58. The second-order valence-electron chi connectivity index (χ2n) is 1.59. The minimum Gasteiger partial charge on any atom is -0.395 e. The highest BCUT2D eigenvalue weighted by Crippen LogP contribution is 2.21. The van der Waals surface area contributed by atoms with E-state index in [1.54, 1.807) is 0 Å². The molecule has 1 rings (SSSR count). The van der Waals surface area contributed by atoms with Crippen LogP contribution in [0.4, 0.5) is 5.69 Å². The lowest BCUT2D eigenvalue weighted by Crippen LogP contribution is -1.93. The van der Waals surface area contributed by atoms with Crippen LogP contribution >= 0.6 is 23.4 Å². The Morgan fingerprint density at radius 3 is 3.09 bits per heavy atom. The fourth-order valence-electron chi connectivity index (χ4n) is 0.480. The molecule has 0 saturated carbocycles. The molecule has 1 aromatic heterocycles. The third-order valence-electron chi connectivity index (χ3n) is 0.893. The Bertz CT molecular complexity index is 308. The summed E-state index contributed by atoms with van der Waals surface area (Å²) in [5.74, 6) is 0. The lowest BCUT2D eigenvalue weighted by Gasteiger charge is -1.96. The second-order valence-corrected chi connectivity index (χ2v) is 2.70. The standard InChI is InChI=1S/C5H3ClN4S/c6-5-9-1-3(8)4(10-5)11-2-7/h1H,8H2. The normalized spacial score (nSPS) is 9.09. The molecule has 0 aliphatic carbocycles. The summed E-state index contributed by atoms with van der Waals surface area (Å²) in [6, 6.07) is 0. The highest BCUT2D eigenvalue weighted by Gasteiger charge is 2.02. The number of thiocyanates is 1. The monoisotopic (exact) mass is 186 g/mol. The van der Waals surface area contributed by atoms with Crippen LogP contribution in [0.2, 0.25) is 5.28 Å². The molecular formula is C5H3ClN4S. The Balaban J connectivity index is 3.05. The molecule has 4 nitrogen and oxygen atoms in total. The predicted octanol–water partition coefficient (Wildman–Crippen LogP) is 1.29. The van der Waals surface area contributed by atoms with E-state index in [-0.39, 0.29) is 5.28 Å². The van der Waals surface area contributed by atoms with Gasteiger partial charge in [-0.15, -0.1) is 0 Å². The van der Waals surface area contributed by atoms with Crippen LogP contribution in [-0.2, 0) is 0 Å². The van der Waals surface area contributed by atoms with Crippen molar-refractivity contribution in [2.75, 3.05) is 5.73 Å². The third-order valence-corrected chi connectivity index (χ3v) is 1.69. The number of rotatable bonds is 1. The van der Waals surface area contributed by atoms with E-state index >= 15 is 0 Å². The Morgan fingerprint density at radius 1 is 1.73 bits per heavy atom. The predicted molar refractivity (Wildman–Crippen MR) is 42.9 cm³/mol. The van der Waals surface area contributed by atoms with Gasteiger partial charge in [-0.2, -0.15) is 5.26 Å². The van der Waals surface area contributed by atoms with Crippen molar-refractivity contribution >= 4 is 29.1 Å². The highest BCUT2D eigenvalue weighted by molar-refractivity contribution is 8.03. The number of hydrogen-bond donors (Lipinski definition) is 1. The smallest absolute Gasteiger partial charge is 0.223 e. The van der Waals surface area contributed by atoms with E-state index in [1.807, 2.05) is 5.40 Å². The van der Waals surface area contributed by atoms with Gasteiger partial charge in [0, 0.05) is 11.8 Å². The van der Waals surface area contributed by atoms with Crippen molar-refractivity contribution in [1.29, 1.82) is 5.26 Å². The zero-order valence-electron chi connectivity index (χ0n) is 5.28.